The van der Waals surface area contributed by atoms with Crippen LogP contribution >= 0.6 is 0 Å². The molecule has 1 unspecified atom stereocenters. The molecule has 0 bridgehead atoms. The number of urea groups is 1. The van der Waals surface area contributed by atoms with Crippen LogP contribution in [0, 0.1) is 0 Å². The fourth-order valence-corrected chi connectivity index (χ4v) is 4.44. The summed E-state index contributed by atoms with van der Waals surface area (Å²) in [6.45, 7) is 1.18. The molecule has 13 heteroatoms. The first-order valence-electron chi connectivity index (χ1n) is 11.2. The van der Waals surface area contributed by atoms with E-state index in [0.717, 1.165) is 19.1 Å². The van der Waals surface area contributed by atoms with Gasteiger partial charge in [-0.15, -0.1) is 0 Å². The van der Waals surface area contributed by atoms with Gasteiger partial charge in [0.15, 0.2) is 21.3 Å². The van der Waals surface area contributed by atoms with Crippen LogP contribution in [0.3, 0.4) is 0 Å². The van der Waals surface area contributed by atoms with E-state index in [4.69, 9.17) is 5.73 Å². The Kier molecular flexibility index (Phi) is 7.29. The average Bonchev–Trinajstić information content (AvgIpc) is 2.84. The van der Waals surface area contributed by atoms with Crippen LogP contribution in [0.4, 0.5) is 27.8 Å². The molecule has 3 heterocycles. The van der Waals surface area contributed by atoms with E-state index in [1.165, 1.54) is 18.3 Å². The predicted molar refractivity (Wildman–Crippen MR) is 135 cm³/mol. The molecule has 1 fully saturated rings. The lowest BCUT2D eigenvalue weighted by Crippen LogP contribution is -2.49. The van der Waals surface area contributed by atoms with Gasteiger partial charge in [0.05, 0.1) is 23.0 Å². The quantitative estimate of drug-likeness (QED) is 0.370. The van der Waals surface area contributed by atoms with Crippen molar-refractivity contribution in [3.05, 3.63) is 60.7 Å². The van der Waals surface area contributed by atoms with Gasteiger partial charge >= 0.3 is 6.03 Å². The first kappa shape index (κ1) is 24.9. The number of piperidine rings is 1. The highest BCUT2D eigenvalue weighted by Gasteiger charge is 2.24. The SMILES string of the molecule is CS(=O)(=O)c1ccc(Nc2nc(N3CCCC(NC(=O)Nc4cccnc4)C3)cnc2C(N)=O)cc1. The largest absolute Gasteiger partial charge is 0.364 e. The summed E-state index contributed by atoms with van der Waals surface area (Å²) < 4.78 is 23.4. The van der Waals surface area contributed by atoms with Crippen LogP contribution in [-0.2, 0) is 9.84 Å². The highest BCUT2D eigenvalue weighted by Crippen LogP contribution is 2.24. The monoisotopic (exact) mass is 510 g/mol. The summed E-state index contributed by atoms with van der Waals surface area (Å²) >= 11 is 0. The minimum absolute atomic E-state index is 0.0477. The van der Waals surface area contributed by atoms with E-state index in [9.17, 15) is 18.0 Å². The van der Waals surface area contributed by atoms with E-state index in [0.29, 0.717) is 30.3 Å². The summed E-state index contributed by atoms with van der Waals surface area (Å²) in [6, 6.07) is 9.07. The fraction of sp³-hybridized carbons (Fsp3) is 0.261. The molecule has 0 saturated carbocycles. The minimum Gasteiger partial charge on any atom is -0.364 e. The van der Waals surface area contributed by atoms with Crippen LogP contribution < -0.4 is 26.6 Å². The summed E-state index contributed by atoms with van der Waals surface area (Å²) in [5.41, 5.74) is 6.55. The third-order valence-electron chi connectivity index (χ3n) is 5.54. The molecule has 3 aromatic rings. The number of nitrogens with one attached hydrogen (secondary N) is 3. The molecule has 0 spiro atoms. The molecule has 1 aliphatic rings. The van der Waals surface area contributed by atoms with Gasteiger partial charge in [0, 0.05) is 37.3 Å². The maximum atomic E-state index is 12.4. The molecule has 36 heavy (non-hydrogen) atoms. The molecule has 1 saturated heterocycles. The number of rotatable bonds is 7. The maximum Gasteiger partial charge on any atom is 0.319 e. The van der Waals surface area contributed by atoms with Crippen LogP contribution in [0.1, 0.15) is 23.3 Å². The van der Waals surface area contributed by atoms with Crippen LogP contribution in [0.25, 0.3) is 0 Å². The van der Waals surface area contributed by atoms with E-state index < -0.39 is 15.7 Å². The zero-order chi connectivity index (χ0) is 25.7. The zero-order valence-electron chi connectivity index (χ0n) is 19.5. The van der Waals surface area contributed by atoms with Crippen LogP contribution in [-0.4, -0.2) is 60.7 Å². The summed E-state index contributed by atoms with van der Waals surface area (Å²) in [7, 11) is -3.34. The number of hydrogen-bond acceptors (Lipinski definition) is 9. The molecule has 188 valence electrons. The molecule has 2 aromatic heterocycles. The van der Waals surface area contributed by atoms with Gasteiger partial charge < -0.3 is 26.6 Å². The van der Waals surface area contributed by atoms with Gasteiger partial charge in [-0.1, -0.05) is 0 Å². The van der Waals surface area contributed by atoms with Crippen molar-refractivity contribution in [1.29, 1.82) is 0 Å². The predicted octanol–water partition coefficient (Wildman–Crippen LogP) is 1.91. The summed E-state index contributed by atoms with van der Waals surface area (Å²) in [5, 5.41) is 8.72. The average molecular weight is 511 g/mol. The van der Waals surface area contributed by atoms with E-state index >= 15 is 0 Å². The Morgan fingerprint density at radius 2 is 1.89 bits per heavy atom. The van der Waals surface area contributed by atoms with Crippen molar-refractivity contribution < 1.29 is 18.0 Å². The third-order valence-corrected chi connectivity index (χ3v) is 6.67. The van der Waals surface area contributed by atoms with Crippen LogP contribution in [0.2, 0.25) is 0 Å². The van der Waals surface area contributed by atoms with Gasteiger partial charge in [0.1, 0.15) is 5.82 Å². The summed E-state index contributed by atoms with van der Waals surface area (Å²) in [6.07, 6.45) is 7.38. The van der Waals surface area contributed by atoms with Gasteiger partial charge in [-0.25, -0.2) is 23.2 Å². The standard InChI is InChI=1S/C23H26N8O4S/c1-36(34,35)18-8-6-15(7-9-18)27-22-20(21(24)32)26-13-19(30-22)31-11-3-5-17(14-31)29-23(33)28-16-4-2-10-25-12-16/h2,4,6-10,12-13,17H,3,5,11,14H2,1H3,(H2,24,32)(H,27,30)(H2,28,29,33). The Labute approximate surface area is 208 Å². The summed E-state index contributed by atoms with van der Waals surface area (Å²) in [4.78, 5) is 39.2. The van der Waals surface area contributed by atoms with Crippen molar-refractivity contribution in [3.63, 3.8) is 0 Å². The number of nitrogens with zero attached hydrogens (tertiary/aromatic N) is 4. The number of primary amides is 1. The molecule has 1 aliphatic heterocycles. The highest BCUT2D eigenvalue weighted by molar-refractivity contribution is 7.90. The Balaban J connectivity index is 1.48. The smallest absolute Gasteiger partial charge is 0.319 e. The Morgan fingerprint density at radius 3 is 2.56 bits per heavy atom. The molecule has 1 atom stereocenters. The molecule has 4 rings (SSSR count). The molecule has 5 N–H and O–H groups in total. The van der Waals surface area contributed by atoms with Crippen LogP contribution in [0.15, 0.2) is 59.9 Å². The lowest BCUT2D eigenvalue weighted by molar-refractivity contribution is 0.0996. The topological polar surface area (TPSA) is 172 Å². The Hall–Kier alpha value is -4.26. The van der Waals surface area contributed by atoms with E-state index in [1.54, 1.807) is 36.7 Å². The molecular weight excluding hydrogens is 484 g/mol. The van der Waals surface area contributed by atoms with Gasteiger partial charge in [0.25, 0.3) is 5.91 Å². The zero-order valence-corrected chi connectivity index (χ0v) is 20.3. The molecule has 0 radical (unpaired) electrons. The number of sulfone groups is 1. The number of nitrogens with two attached hydrogens (primary N) is 1. The number of hydrogen-bond donors (Lipinski definition) is 4. The number of pyridine rings is 1. The van der Waals surface area contributed by atoms with Gasteiger partial charge in [-0.05, 0) is 49.2 Å². The Morgan fingerprint density at radius 1 is 1.11 bits per heavy atom. The lowest BCUT2D eigenvalue weighted by Gasteiger charge is -2.34. The number of aromatic nitrogens is 3. The molecular formula is C23H26N8O4S. The van der Waals surface area contributed by atoms with Crippen molar-refractivity contribution >= 4 is 44.8 Å². The molecule has 3 amide bonds. The van der Waals surface area contributed by atoms with Crippen molar-refractivity contribution in [1.82, 2.24) is 20.3 Å². The van der Waals surface area contributed by atoms with Crippen molar-refractivity contribution in [2.45, 2.75) is 23.8 Å². The van der Waals surface area contributed by atoms with E-state index in [1.807, 2.05) is 4.90 Å². The fourth-order valence-electron chi connectivity index (χ4n) is 3.81. The minimum atomic E-state index is -3.34. The van der Waals surface area contributed by atoms with Gasteiger partial charge in [-0.2, -0.15) is 0 Å². The van der Waals surface area contributed by atoms with Gasteiger partial charge in [-0.3, -0.25) is 9.78 Å². The normalized spacial score (nSPS) is 15.7. The second-order valence-electron chi connectivity index (χ2n) is 8.34. The number of carbonyl (C=O) groups is 2. The molecule has 12 nitrogen and oxygen atoms in total. The van der Waals surface area contributed by atoms with Gasteiger partial charge in [0.2, 0.25) is 0 Å². The lowest BCUT2D eigenvalue weighted by atomic mass is 10.1. The number of benzene rings is 1. The van der Waals surface area contributed by atoms with E-state index in [2.05, 4.69) is 30.9 Å². The molecule has 0 aliphatic carbocycles. The second-order valence-corrected chi connectivity index (χ2v) is 10.4. The van der Waals surface area contributed by atoms with Crippen LogP contribution in [0.5, 0.6) is 0 Å². The second kappa shape index (κ2) is 10.6. The number of anilines is 4. The molecule has 1 aromatic carbocycles. The summed E-state index contributed by atoms with van der Waals surface area (Å²) in [5.74, 6) is -0.0968. The first-order valence-corrected chi connectivity index (χ1v) is 13.0. The van der Waals surface area contributed by atoms with E-state index in [-0.39, 0.29) is 28.5 Å². The maximum absolute atomic E-state index is 12.4. The number of carbonyl (C=O) groups excluding carboxylic acids is 2. The highest BCUT2D eigenvalue weighted by atomic mass is 32.2. The third kappa shape index (κ3) is 6.24. The Bertz CT molecular complexity index is 1350. The number of amides is 3. The van der Waals surface area contributed by atoms with Crippen molar-refractivity contribution in [3.8, 4) is 0 Å². The first-order chi connectivity index (χ1) is 17.2. The van der Waals surface area contributed by atoms with Crippen molar-refractivity contribution in [2.24, 2.45) is 5.73 Å². The van der Waals surface area contributed by atoms with Crippen molar-refractivity contribution in [2.75, 3.05) is 34.9 Å².